The lowest BCUT2D eigenvalue weighted by atomic mass is 10.0. The van der Waals surface area contributed by atoms with Gasteiger partial charge in [-0.15, -0.1) is 0 Å². The summed E-state index contributed by atoms with van der Waals surface area (Å²) in [5.41, 5.74) is 7.91. The summed E-state index contributed by atoms with van der Waals surface area (Å²) in [5, 5.41) is 22.5. The van der Waals surface area contributed by atoms with Crippen molar-refractivity contribution in [2.75, 3.05) is 25.1 Å². The van der Waals surface area contributed by atoms with Crippen molar-refractivity contribution in [1.82, 2.24) is 0 Å². The summed E-state index contributed by atoms with van der Waals surface area (Å²) in [4.78, 5) is 0. The minimum absolute atomic E-state index is 0.0866. The van der Waals surface area contributed by atoms with Crippen LogP contribution in [0.25, 0.3) is 0 Å². The maximum atomic E-state index is 10.4. The first-order valence-electron chi connectivity index (χ1n) is 8.22. The topological polar surface area (TPSA) is 101 Å². The zero-order valence-electron chi connectivity index (χ0n) is 14.5. The first-order valence-corrected chi connectivity index (χ1v) is 8.22. The standard InChI is InChI=1S/C19H23N3O3/c1-3-24-18-9-15(17(23)10-19(18)25-4-2)16(12-21)22-14-7-5-13(11-20)6-8-14/h5-10,16,22-23H,3-4,12,21H2,1-2H3. The van der Waals surface area contributed by atoms with Gasteiger partial charge in [0.2, 0.25) is 0 Å². The van der Waals surface area contributed by atoms with Crippen molar-refractivity contribution in [2.45, 2.75) is 19.9 Å². The number of nitrogens with one attached hydrogen (secondary N) is 1. The number of nitrogens with two attached hydrogens (primary N) is 1. The van der Waals surface area contributed by atoms with E-state index in [-0.39, 0.29) is 18.3 Å². The molecule has 2 aromatic rings. The summed E-state index contributed by atoms with van der Waals surface area (Å²) in [6, 6.07) is 12.1. The molecule has 0 saturated heterocycles. The van der Waals surface area contributed by atoms with Crippen LogP contribution in [0.2, 0.25) is 0 Å². The van der Waals surface area contributed by atoms with E-state index in [0.29, 0.717) is 35.8 Å². The van der Waals surface area contributed by atoms with E-state index in [1.165, 1.54) is 0 Å². The number of hydrogen-bond donors (Lipinski definition) is 3. The number of nitriles is 1. The van der Waals surface area contributed by atoms with E-state index in [0.717, 1.165) is 5.69 Å². The second-order valence-electron chi connectivity index (χ2n) is 5.35. The Labute approximate surface area is 147 Å². The molecule has 0 amide bonds. The van der Waals surface area contributed by atoms with Gasteiger partial charge in [0.1, 0.15) is 5.75 Å². The van der Waals surface area contributed by atoms with Gasteiger partial charge in [-0.1, -0.05) is 0 Å². The van der Waals surface area contributed by atoms with Crippen molar-refractivity contribution in [3.63, 3.8) is 0 Å². The highest BCUT2D eigenvalue weighted by molar-refractivity contribution is 5.55. The van der Waals surface area contributed by atoms with Gasteiger partial charge in [-0.2, -0.15) is 5.26 Å². The van der Waals surface area contributed by atoms with Crippen LogP contribution in [0.4, 0.5) is 5.69 Å². The predicted octanol–water partition coefficient (Wildman–Crippen LogP) is 3.17. The molecular formula is C19H23N3O3. The third-order valence-corrected chi connectivity index (χ3v) is 3.66. The number of aromatic hydroxyl groups is 1. The first-order chi connectivity index (χ1) is 12.1. The van der Waals surface area contributed by atoms with Crippen molar-refractivity contribution >= 4 is 5.69 Å². The van der Waals surface area contributed by atoms with E-state index in [4.69, 9.17) is 20.5 Å². The van der Waals surface area contributed by atoms with Crippen molar-refractivity contribution < 1.29 is 14.6 Å². The molecule has 1 unspecified atom stereocenters. The lowest BCUT2D eigenvalue weighted by Gasteiger charge is -2.22. The number of phenols is 1. The number of hydrogen-bond acceptors (Lipinski definition) is 6. The van der Waals surface area contributed by atoms with Crippen molar-refractivity contribution in [1.29, 1.82) is 5.26 Å². The van der Waals surface area contributed by atoms with Crippen LogP contribution in [-0.4, -0.2) is 24.9 Å². The molecule has 0 aliphatic carbocycles. The number of phenolic OH excluding ortho intramolecular Hbond substituents is 1. The molecule has 0 spiro atoms. The molecule has 0 radical (unpaired) electrons. The smallest absolute Gasteiger partial charge is 0.164 e. The number of rotatable bonds is 8. The Morgan fingerprint density at radius 1 is 1.12 bits per heavy atom. The van der Waals surface area contributed by atoms with Crippen LogP contribution >= 0.6 is 0 Å². The van der Waals surface area contributed by atoms with Gasteiger partial charge in [0.05, 0.1) is 30.9 Å². The molecule has 4 N–H and O–H groups in total. The molecule has 0 fully saturated rings. The highest BCUT2D eigenvalue weighted by Crippen LogP contribution is 2.38. The van der Waals surface area contributed by atoms with Gasteiger partial charge in [0, 0.05) is 23.9 Å². The molecule has 25 heavy (non-hydrogen) atoms. The van der Waals surface area contributed by atoms with Gasteiger partial charge in [-0.25, -0.2) is 0 Å². The average molecular weight is 341 g/mol. The van der Waals surface area contributed by atoms with Gasteiger partial charge in [0.25, 0.3) is 0 Å². The molecule has 0 heterocycles. The Bertz CT molecular complexity index is 739. The van der Waals surface area contributed by atoms with E-state index < -0.39 is 0 Å². The Kier molecular flexibility index (Phi) is 6.49. The molecule has 2 aromatic carbocycles. The summed E-state index contributed by atoms with van der Waals surface area (Å²) in [6.07, 6.45) is 0. The fraction of sp³-hybridized carbons (Fsp3) is 0.316. The molecule has 0 aromatic heterocycles. The minimum atomic E-state index is -0.317. The maximum Gasteiger partial charge on any atom is 0.164 e. The average Bonchev–Trinajstić information content (AvgIpc) is 2.63. The third kappa shape index (κ3) is 4.55. The second-order valence-corrected chi connectivity index (χ2v) is 5.35. The molecule has 2 rings (SSSR count). The molecule has 6 nitrogen and oxygen atoms in total. The molecule has 1 atom stereocenters. The van der Waals surface area contributed by atoms with E-state index in [1.807, 2.05) is 13.8 Å². The number of ether oxygens (including phenoxy) is 2. The zero-order valence-corrected chi connectivity index (χ0v) is 14.5. The number of benzene rings is 2. The lowest BCUT2D eigenvalue weighted by Crippen LogP contribution is -2.21. The van der Waals surface area contributed by atoms with E-state index in [2.05, 4.69) is 11.4 Å². The Balaban J connectivity index is 2.31. The van der Waals surface area contributed by atoms with Gasteiger partial charge in [-0.3, -0.25) is 0 Å². The van der Waals surface area contributed by atoms with Crippen LogP contribution < -0.4 is 20.5 Å². The van der Waals surface area contributed by atoms with Gasteiger partial charge < -0.3 is 25.6 Å². The fourth-order valence-electron chi connectivity index (χ4n) is 2.49. The van der Waals surface area contributed by atoms with Crippen LogP contribution in [-0.2, 0) is 0 Å². The molecular weight excluding hydrogens is 318 g/mol. The van der Waals surface area contributed by atoms with Crippen LogP contribution in [0.5, 0.6) is 17.2 Å². The molecule has 0 aliphatic heterocycles. The molecule has 0 bridgehead atoms. The van der Waals surface area contributed by atoms with Crippen LogP contribution in [0.3, 0.4) is 0 Å². The van der Waals surface area contributed by atoms with Gasteiger partial charge in [-0.05, 0) is 44.2 Å². The molecule has 132 valence electrons. The van der Waals surface area contributed by atoms with Crippen LogP contribution in [0.1, 0.15) is 31.0 Å². The number of anilines is 1. The van der Waals surface area contributed by atoms with Gasteiger partial charge >= 0.3 is 0 Å². The van der Waals surface area contributed by atoms with Gasteiger partial charge in [0.15, 0.2) is 11.5 Å². The summed E-state index contributed by atoms with van der Waals surface area (Å²) in [5.74, 6) is 1.15. The molecule has 6 heteroatoms. The summed E-state index contributed by atoms with van der Waals surface area (Å²) in [6.45, 7) is 4.99. The van der Waals surface area contributed by atoms with E-state index in [1.54, 1.807) is 36.4 Å². The maximum absolute atomic E-state index is 10.4. The minimum Gasteiger partial charge on any atom is -0.507 e. The number of nitrogens with zero attached hydrogens (tertiary/aromatic N) is 1. The molecule has 0 saturated carbocycles. The first kappa shape index (κ1) is 18.4. The SMILES string of the molecule is CCOc1cc(O)c(C(CN)Nc2ccc(C#N)cc2)cc1OCC. The highest BCUT2D eigenvalue weighted by Gasteiger charge is 2.18. The van der Waals surface area contributed by atoms with E-state index in [9.17, 15) is 5.11 Å². The monoisotopic (exact) mass is 341 g/mol. The van der Waals surface area contributed by atoms with Crippen molar-refractivity contribution in [3.05, 3.63) is 47.5 Å². The zero-order chi connectivity index (χ0) is 18.2. The summed E-state index contributed by atoms with van der Waals surface area (Å²) in [7, 11) is 0. The fourth-order valence-corrected chi connectivity index (χ4v) is 2.49. The van der Waals surface area contributed by atoms with Crippen molar-refractivity contribution in [2.24, 2.45) is 5.73 Å². The van der Waals surface area contributed by atoms with Crippen LogP contribution in [0.15, 0.2) is 36.4 Å². The van der Waals surface area contributed by atoms with Crippen molar-refractivity contribution in [3.8, 4) is 23.3 Å². The molecule has 0 aliphatic rings. The largest absolute Gasteiger partial charge is 0.507 e. The highest BCUT2D eigenvalue weighted by atomic mass is 16.5. The Morgan fingerprint density at radius 3 is 2.24 bits per heavy atom. The Morgan fingerprint density at radius 2 is 1.72 bits per heavy atom. The summed E-state index contributed by atoms with van der Waals surface area (Å²) < 4.78 is 11.1. The summed E-state index contributed by atoms with van der Waals surface area (Å²) >= 11 is 0. The lowest BCUT2D eigenvalue weighted by molar-refractivity contribution is 0.285. The Hall–Kier alpha value is -2.91. The predicted molar refractivity (Wildman–Crippen MR) is 97.0 cm³/mol. The normalized spacial score (nSPS) is 11.4. The van der Waals surface area contributed by atoms with E-state index >= 15 is 0 Å². The van der Waals surface area contributed by atoms with Crippen LogP contribution in [0, 0.1) is 11.3 Å². The second kappa shape index (κ2) is 8.81. The third-order valence-electron chi connectivity index (χ3n) is 3.66. The quantitative estimate of drug-likeness (QED) is 0.682.